The molecule has 0 fully saturated rings. The van der Waals surface area contributed by atoms with E-state index in [1.807, 2.05) is 18.2 Å². The zero-order valence-electron chi connectivity index (χ0n) is 12.2. The standard InChI is InChI=1S/C17H17BrFNO/c1-17(2,3)13-7-5-4-6-12(13)16(21)20-11-8-9-15(19)14(18)10-11/h4-10H,1-3H3,(H,20,21). The minimum Gasteiger partial charge on any atom is -0.322 e. The summed E-state index contributed by atoms with van der Waals surface area (Å²) in [6.45, 7) is 6.19. The van der Waals surface area contributed by atoms with Crippen LogP contribution in [-0.4, -0.2) is 5.91 Å². The van der Waals surface area contributed by atoms with Crippen LogP contribution in [0.5, 0.6) is 0 Å². The molecule has 1 N–H and O–H groups in total. The number of anilines is 1. The molecular weight excluding hydrogens is 333 g/mol. The molecule has 0 spiro atoms. The Morgan fingerprint density at radius 1 is 1.14 bits per heavy atom. The van der Waals surface area contributed by atoms with Gasteiger partial charge in [0.1, 0.15) is 5.82 Å². The molecule has 0 saturated heterocycles. The van der Waals surface area contributed by atoms with E-state index in [2.05, 4.69) is 42.0 Å². The molecule has 0 unspecified atom stereocenters. The van der Waals surface area contributed by atoms with Gasteiger partial charge in [-0.3, -0.25) is 4.79 Å². The topological polar surface area (TPSA) is 29.1 Å². The largest absolute Gasteiger partial charge is 0.322 e. The van der Waals surface area contributed by atoms with Crippen LogP contribution in [-0.2, 0) is 5.41 Å². The Hall–Kier alpha value is -1.68. The van der Waals surface area contributed by atoms with Gasteiger partial charge < -0.3 is 5.32 Å². The number of carbonyl (C=O) groups excluding carboxylic acids is 1. The second-order valence-corrected chi connectivity index (χ2v) is 6.73. The molecule has 0 radical (unpaired) electrons. The van der Waals surface area contributed by atoms with Crippen LogP contribution in [0.25, 0.3) is 0 Å². The summed E-state index contributed by atoms with van der Waals surface area (Å²) in [4.78, 5) is 12.5. The van der Waals surface area contributed by atoms with Gasteiger partial charge in [0.15, 0.2) is 0 Å². The van der Waals surface area contributed by atoms with Crippen LogP contribution in [0, 0.1) is 5.82 Å². The molecule has 2 aromatic carbocycles. The van der Waals surface area contributed by atoms with Crippen molar-refractivity contribution in [3.63, 3.8) is 0 Å². The molecule has 0 atom stereocenters. The van der Waals surface area contributed by atoms with E-state index in [1.165, 1.54) is 12.1 Å². The van der Waals surface area contributed by atoms with Gasteiger partial charge in [-0.25, -0.2) is 4.39 Å². The molecule has 0 aliphatic heterocycles. The van der Waals surface area contributed by atoms with Crippen LogP contribution in [0.4, 0.5) is 10.1 Å². The zero-order valence-corrected chi connectivity index (χ0v) is 13.8. The number of rotatable bonds is 2. The van der Waals surface area contributed by atoms with Gasteiger partial charge in [-0.15, -0.1) is 0 Å². The van der Waals surface area contributed by atoms with Crippen molar-refractivity contribution in [2.75, 3.05) is 5.32 Å². The molecule has 1 amide bonds. The monoisotopic (exact) mass is 349 g/mol. The first-order valence-electron chi connectivity index (χ1n) is 6.65. The van der Waals surface area contributed by atoms with Crippen molar-refractivity contribution < 1.29 is 9.18 Å². The van der Waals surface area contributed by atoms with Crippen LogP contribution < -0.4 is 5.32 Å². The number of halogens is 2. The summed E-state index contributed by atoms with van der Waals surface area (Å²) in [6.07, 6.45) is 0. The normalized spacial score (nSPS) is 11.3. The minimum atomic E-state index is -0.358. The predicted molar refractivity (Wildman–Crippen MR) is 87.2 cm³/mol. The van der Waals surface area contributed by atoms with Gasteiger partial charge in [-0.2, -0.15) is 0 Å². The number of amides is 1. The number of benzene rings is 2. The van der Waals surface area contributed by atoms with Crippen molar-refractivity contribution in [2.45, 2.75) is 26.2 Å². The maximum absolute atomic E-state index is 13.2. The SMILES string of the molecule is CC(C)(C)c1ccccc1C(=O)Nc1ccc(F)c(Br)c1. The fraction of sp³-hybridized carbons (Fsp3) is 0.235. The lowest BCUT2D eigenvalue weighted by Crippen LogP contribution is -2.20. The summed E-state index contributed by atoms with van der Waals surface area (Å²) in [7, 11) is 0. The van der Waals surface area contributed by atoms with Crippen molar-refractivity contribution in [2.24, 2.45) is 0 Å². The van der Waals surface area contributed by atoms with Crippen LogP contribution in [0.2, 0.25) is 0 Å². The van der Waals surface area contributed by atoms with E-state index in [-0.39, 0.29) is 17.1 Å². The van der Waals surface area contributed by atoms with E-state index in [9.17, 15) is 9.18 Å². The summed E-state index contributed by atoms with van der Waals surface area (Å²) in [5, 5.41) is 2.80. The highest BCUT2D eigenvalue weighted by atomic mass is 79.9. The molecule has 2 aromatic rings. The molecule has 0 bridgehead atoms. The zero-order chi connectivity index (χ0) is 15.6. The quantitative estimate of drug-likeness (QED) is 0.799. The van der Waals surface area contributed by atoms with Crippen LogP contribution in [0.15, 0.2) is 46.9 Å². The lowest BCUT2D eigenvalue weighted by atomic mass is 9.83. The summed E-state index contributed by atoms with van der Waals surface area (Å²) >= 11 is 3.11. The van der Waals surface area contributed by atoms with Crippen molar-refractivity contribution in [3.05, 3.63) is 63.9 Å². The van der Waals surface area contributed by atoms with Crippen LogP contribution >= 0.6 is 15.9 Å². The van der Waals surface area contributed by atoms with Gasteiger partial charge in [-0.05, 0) is 51.2 Å². The van der Waals surface area contributed by atoms with Crippen LogP contribution in [0.3, 0.4) is 0 Å². The summed E-state index contributed by atoms with van der Waals surface area (Å²) < 4.78 is 13.5. The lowest BCUT2D eigenvalue weighted by molar-refractivity contribution is 0.102. The maximum Gasteiger partial charge on any atom is 0.255 e. The molecule has 2 nitrogen and oxygen atoms in total. The Labute approximate surface area is 132 Å². The molecule has 0 saturated carbocycles. The highest BCUT2D eigenvalue weighted by Crippen LogP contribution is 2.27. The van der Waals surface area contributed by atoms with E-state index in [1.54, 1.807) is 12.1 Å². The van der Waals surface area contributed by atoms with Gasteiger partial charge in [0.2, 0.25) is 0 Å². The highest BCUT2D eigenvalue weighted by molar-refractivity contribution is 9.10. The van der Waals surface area contributed by atoms with E-state index < -0.39 is 0 Å². The first-order chi connectivity index (χ1) is 9.79. The molecule has 110 valence electrons. The second kappa shape index (κ2) is 5.98. The number of hydrogen-bond acceptors (Lipinski definition) is 1. The lowest BCUT2D eigenvalue weighted by Gasteiger charge is -2.22. The van der Waals surface area contributed by atoms with Gasteiger partial charge >= 0.3 is 0 Å². The Morgan fingerprint density at radius 3 is 2.43 bits per heavy atom. The average Bonchev–Trinajstić information content (AvgIpc) is 2.42. The third-order valence-corrected chi connectivity index (χ3v) is 3.76. The van der Waals surface area contributed by atoms with Crippen molar-refractivity contribution in [1.29, 1.82) is 0 Å². The fourth-order valence-electron chi connectivity index (χ4n) is 2.11. The molecule has 0 heterocycles. The Morgan fingerprint density at radius 2 is 1.81 bits per heavy atom. The van der Waals surface area contributed by atoms with Crippen molar-refractivity contribution in [3.8, 4) is 0 Å². The first-order valence-corrected chi connectivity index (χ1v) is 7.44. The Balaban J connectivity index is 2.31. The number of carbonyl (C=O) groups is 1. The third-order valence-electron chi connectivity index (χ3n) is 3.16. The maximum atomic E-state index is 13.2. The smallest absolute Gasteiger partial charge is 0.255 e. The molecular formula is C17H17BrFNO. The van der Waals surface area contributed by atoms with Crippen molar-refractivity contribution >= 4 is 27.5 Å². The van der Waals surface area contributed by atoms with E-state index >= 15 is 0 Å². The van der Waals surface area contributed by atoms with E-state index in [4.69, 9.17) is 0 Å². The van der Waals surface area contributed by atoms with Gasteiger partial charge in [0.25, 0.3) is 5.91 Å². The second-order valence-electron chi connectivity index (χ2n) is 5.88. The fourth-order valence-corrected chi connectivity index (χ4v) is 2.49. The van der Waals surface area contributed by atoms with Crippen molar-refractivity contribution in [1.82, 2.24) is 0 Å². The first kappa shape index (κ1) is 15.7. The minimum absolute atomic E-state index is 0.128. The average molecular weight is 350 g/mol. The Kier molecular flexibility index (Phi) is 4.47. The summed E-state index contributed by atoms with van der Waals surface area (Å²) in [5.41, 5.74) is 2.03. The molecule has 21 heavy (non-hydrogen) atoms. The summed E-state index contributed by atoms with van der Waals surface area (Å²) in [6, 6.07) is 11.9. The predicted octanol–water partition coefficient (Wildman–Crippen LogP) is 5.14. The summed E-state index contributed by atoms with van der Waals surface area (Å²) in [5.74, 6) is -0.554. The molecule has 2 rings (SSSR count). The molecule has 4 heteroatoms. The Bertz CT molecular complexity index is 677. The molecule has 0 aromatic heterocycles. The highest BCUT2D eigenvalue weighted by Gasteiger charge is 2.21. The van der Waals surface area contributed by atoms with Crippen LogP contribution in [0.1, 0.15) is 36.7 Å². The molecule has 0 aliphatic carbocycles. The third kappa shape index (κ3) is 3.70. The number of hydrogen-bond donors (Lipinski definition) is 1. The van der Waals surface area contributed by atoms with E-state index in [0.717, 1.165) is 5.56 Å². The van der Waals surface area contributed by atoms with E-state index in [0.29, 0.717) is 15.7 Å². The number of nitrogens with one attached hydrogen (secondary N) is 1. The van der Waals surface area contributed by atoms with Gasteiger partial charge in [0, 0.05) is 11.3 Å². The molecule has 0 aliphatic rings. The van der Waals surface area contributed by atoms with Gasteiger partial charge in [-0.1, -0.05) is 39.0 Å². The van der Waals surface area contributed by atoms with Gasteiger partial charge in [0.05, 0.1) is 4.47 Å².